The molecule has 0 aromatic heterocycles. The quantitative estimate of drug-likeness (QED) is 0.612. The van der Waals surface area contributed by atoms with Crippen LogP contribution in [0, 0.1) is 5.92 Å². The van der Waals surface area contributed by atoms with Crippen LogP contribution < -0.4 is 11.1 Å². The number of nitrogens with two attached hydrogens (primary N) is 1. The number of hydrogen-bond donors (Lipinski definition) is 3. The number of carbonyl (C=O) groups is 3. The molecule has 0 heterocycles. The van der Waals surface area contributed by atoms with Gasteiger partial charge in [0, 0.05) is 6.42 Å². The summed E-state index contributed by atoms with van der Waals surface area (Å²) in [5, 5.41) is 11.2. The summed E-state index contributed by atoms with van der Waals surface area (Å²) in [4.78, 5) is 33.0. The largest absolute Gasteiger partial charge is 0.480 e. The predicted molar refractivity (Wildman–Crippen MR) is 64.6 cm³/mol. The van der Waals surface area contributed by atoms with E-state index >= 15 is 0 Å². The fourth-order valence-corrected chi connectivity index (χ4v) is 2.30. The number of hydrogen-bond acceptors (Lipinski definition) is 3. The van der Waals surface area contributed by atoms with E-state index in [1.807, 2.05) is 0 Å². The fraction of sp³-hybridized carbons (Fsp3) is 0.750. The second kappa shape index (κ2) is 6.98. The zero-order valence-corrected chi connectivity index (χ0v) is 10.4. The van der Waals surface area contributed by atoms with Crippen molar-refractivity contribution >= 4 is 17.8 Å². The van der Waals surface area contributed by atoms with Crippen LogP contribution in [0.2, 0.25) is 0 Å². The minimum atomic E-state index is -1.23. The maximum absolute atomic E-state index is 11.6. The molecule has 1 atom stereocenters. The Kier molecular flexibility index (Phi) is 5.61. The van der Waals surface area contributed by atoms with E-state index in [2.05, 4.69) is 5.32 Å². The van der Waals surface area contributed by atoms with Crippen LogP contribution in [0.25, 0.3) is 0 Å². The van der Waals surface area contributed by atoms with Crippen LogP contribution in [0.5, 0.6) is 0 Å². The number of nitrogens with one attached hydrogen (secondary N) is 1. The zero-order chi connectivity index (χ0) is 13.5. The summed E-state index contributed by atoms with van der Waals surface area (Å²) in [7, 11) is 0. The van der Waals surface area contributed by atoms with Gasteiger partial charge in [0.1, 0.15) is 6.04 Å². The first-order valence-electron chi connectivity index (χ1n) is 6.29. The van der Waals surface area contributed by atoms with E-state index in [9.17, 15) is 14.4 Å². The third kappa shape index (κ3) is 5.16. The third-order valence-corrected chi connectivity index (χ3v) is 3.29. The van der Waals surface area contributed by atoms with Gasteiger partial charge in [0.25, 0.3) is 0 Å². The Morgan fingerprint density at radius 2 is 1.89 bits per heavy atom. The molecule has 2 amide bonds. The first-order valence-corrected chi connectivity index (χ1v) is 6.29. The standard InChI is InChI=1S/C12H20N2O4/c13-10(15)7-9(12(17)18)14-11(16)6-5-8-3-1-2-4-8/h8-9H,1-7H2,(H2,13,15)(H,14,16)(H,17,18). The second-order valence-electron chi connectivity index (χ2n) is 4.82. The third-order valence-electron chi connectivity index (χ3n) is 3.29. The number of rotatable bonds is 7. The molecule has 1 rings (SSSR count). The average Bonchev–Trinajstić information content (AvgIpc) is 2.77. The molecule has 102 valence electrons. The lowest BCUT2D eigenvalue weighted by Crippen LogP contribution is -2.43. The SMILES string of the molecule is NC(=O)CC(NC(=O)CCC1CCCC1)C(=O)O. The van der Waals surface area contributed by atoms with E-state index in [0.29, 0.717) is 12.3 Å². The van der Waals surface area contributed by atoms with Crippen molar-refractivity contribution in [3.8, 4) is 0 Å². The van der Waals surface area contributed by atoms with Crippen LogP contribution in [-0.2, 0) is 14.4 Å². The molecule has 0 spiro atoms. The molecule has 1 unspecified atom stereocenters. The van der Waals surface area contributed by atoms with Crippen LogP contribution in [0.4, 0.5) is 0 Å². The Labute approximate surface area is 106 Å². The normalized spacial score (nSPS) is 17.3. The summed E-state index contributed by atoms with van der Waals surface area (Å²) in [5.74, 6) is -1.72. The molecule has 0 aliphatic heterocycles. The van der Waals surface area contributed by atoms with Gasteiger partial charge in [-0.2, -0.15) is 0 Å². The van der Waals surface area contributed by atoms with E-state index in [4.69, 9.17) is 10.8 Å². The Balaban J connectivity index is 2.31. The lowest BCUT2D eigenvalue weighted by atomic mass is 10.0. The summed E-state index contributed by atoms with van der Waals surface area (Å²) in [5.41, 5.74) is 4.93. The van der Waals surface area contributed by atoms with Crippen molar-refractivity contribution in [1.29, 1.82) is 0 Å². The Bertz CT molecular complexity index is 324. The summed E-state index contributed by atoms with van der Waals surface area (Å²) < 4.78 is 0. The number of carboxylic acid groups (broad SMARTS) is 1. The molecule has 1 saturated carbocycles. The Hall–Kier alpha value is -1.59. The lowest BCUT2D eigenvalue weighted by Gasteiger charge is -2.14. The van der Waals surface area contributed by atoms with Crippen LogP contribution in [0.15, 0.2) is 0 Å². The Morgan fingerprint density at radius 1 is 1.28 bits per heavy atom. The van der Waals surface area contributed by atoms with Gasteiger partial charge in [-0.25, -0.2) is 4.79 Å². The van der Waals surface area contributed by atoms with Gasteiger partial charge in [0.2, 0.25) is 11.8 Å². The molecule has 0 aromatic rings. The molecule has 4 N–H and O–H groups in total. The van der Waals surface area contributed by atoms with E-state index < -0.39 is 17.9 Å². The van der Waals surface area contributed by atoms with Gasteiger partial charge < -0.3 is 16.2 Å². The molecular weight excluding hydrogens is 236 g/mol. The highest BCUT2D eigenvalue weighted by atomic mass is 16.4. The molecule has 1 fully saturated rings. The molecule has 0 saturated heterocycles. The molecule has 18 heavy (non-hydrogen) atoms. The van der Waals surface area contributed by atoms with E-state index in [1.165, 1.54) is 12.8 Å². The average molecular weight is 256 g/mol. The highest BCUT2D eigenvalue weighted by Gasteiger charge is 2.23. The number of carbonyl (C=O) groups excluding carboxylic acids is 2. The van der Waals surface area contributed by atoms with Gasteiger partial charge in [-0.15, -0.1) is 0 Å². The number of primary amides is 1. The molecule has 0 aromatic carbocycles. The number of aliphatic carboxylic acids is 1. The van der Waals surface area contributed by atoms with Crippen molar-refractivity contribution in [2.24, 2.45) is 11.7 Å². The highest BCUT2D eigenvalue weighted by molar-refractivity contribution is 5.88. The predicted octanol–water partition coefficient (Wildman–Crippen LogP) is 0.402. The van der Waals surface area contributed by atoms with Crippen LogP contribution >= 0.6 is 0 Å². The van der Waals surface area contributed by atoms with Crippen LogP contribution in [0.1, 0.15) is 44.9 Å². The Morgan fingerprint density at radius 3 is 2.39 bits per heavy atom. The summed E-state index contributed by atoms with van der Waals surface area (Å²) in [6, 6.07) is -1.21. The molecule has 1 aliphatic carbocycles. The van der Waals surface area contributed by atoms with Crippen molar-refractivity contribution in [2.45, 2.75) is 51.0 Å². The van der Waals surface area contributed by atoms with Gasteiger partial charge in [-0.3, -0.25) is 9.59 Å². The minimum Gasteiger partial charge on any atom is -0.480 e. The second-order valence-corrected chi connectivity index (χ2v) is 4.82. The minimum absolute atomic E-state index is 0.313. The van der Waals surface area contributed by atoms with E-state index in [0.717, 1.165) is 19.3 Å². The van der Waals surface area contributed by atoms with E-state index in [1.54, 1.807) is 0 Å². The van der Waals surface area contributed by atoms with Gasteiger partial charge in [0.15, 0.2) is 0 Å². The van der Waals surface area contributed by atoms with Gasteiger partial charge >= 0.3 is 5.97 Å². The van der Waals surface area contributed by atoms with Gasteiger partial charge in [-0.05, 0) is 12.3 Å². The van der Waals surface area contributed by atoms with Crippen LogP contribution in [0.3, 0.4) is 0 Å². The molecule has 1 aliphatic rings. The first-order chi connectivity index (χ1) is 8.49. The van der Waals surface area contributed by atoms with Gasteiger partial charge in [-0.1, -0.05) is 25.7 Å². The molecular formula is C12H20N2O4. The zero-order valence-electron chi connectivity index (χ0n) is 10.4. The molecule has 6 nitrogen and oxygen atoms in total. The highest BCUT2D eigenvalue weighted by Crippen LogP contribution is 2.28. The fourth-order valence-electron chi connectivity index (χ4n) is 2.30. The molecule has 6 heteroatoms. The first kappa shape index (κ1) is 14.5. The number of amides is 2. The maximum Gasteiger partial charge on any atom is 0.326 e. The summed E-state index contributed by atoms with van der Waals surface area (Å²) >= 11 is 0. The molecule has 0 bridgehead atoms. The smallest absolute Gasteiger partial charge is 0.326 e. The summed E-state index contributed by atoms with van der Waals surface area (Å²) in [6.45, 7) is 0. The lowest BCUT2D eigenvalue weighted by molar-refractivity contribution is -0.143. The van der Waals surface area contributed by atoms with E-state index in [-0.39, 0.29) is 12.3 Å². The van der Waals surface area contributed by atoms with Crippen molar-refractivity contribution < 1.29 is 19.5 Å². The van der Waals surface area contributed by atoms with Crippen LogP contribution in [-0.4, -0.2) is 28.9 Å². The summed E-state index contributed by atoms with van der Waals surface area (Å²) in [6.07, 6.45) is 5.46. The maximum atomic E-state index is 11.6. The monoisotopic (exact) mass is 256 g/mol. The van der Waals surface area contributed by atoms with Crippen molar-refractivity contribution in [1.82, 2.24) is 5.32 Å². The van der Waals surface area contributed by atoms with Crippen molar-refractivity contribution in [3.63, 3.8) is 0 Å². The van der Waals surface area contributed by atoms with Crippen molar-refractivity contribution in [3.05, 3.63) is 0 Å². The number of carboxylic acids is 1. The molecule has 0 radical (unpaired) electrons. The van der Waals surface area contributed by atoms with Crippen molar-refractivity contribution in [2.75, 3.05) is 0 Å². The van der Waals surface area contributed by atoms with Gasteiger partial charge in [0.05, 0.1) is 6.42 Å². The topological polar surface area (TPSA) is 109 Å².